The van der Waals surface area contributed by atoms with E-state index in [-0.39, 0.29) is 23.1 Å². The van der Waals surface area contributed by atoms with Crippen LogP contribution in [0.25, 0.3) is 16.9 Å². The SMILES string of the molecule is CC1=C(n2c(N)c(C(N)=O)c3nc(N4CCSCC4)cnc32)C(C)CC=C1O. The highest BCUT2D eigenvalue weighted by Crippen LogP contribution is 2.38. The second-order valence-corrected chi connectivity index (χ2v) is 8.42. The van der Waals surface area contributed by atoms with Gasteiger partial charge in [-0.25, -0.2) is 9.97 Å². The van der Waals surface area contributed by atoms with E-state index >= 15 is 0 Å². The number of nitrogens with two attached hydrogens (primary N) is 2. The van der Waals surface area contributed by atoms with Crippen LogP contribution in [0.2, 0.25) is 0 Å². The third-order valence-corrected chi connectivity index (χ3v) is 6.35. The maximum Gasteiger partial charge on any atom is 0.254 e. The van der Waals surface area contributed by atoms with E-state index in [4.69, 9.17) is 16.5 Å². The number of thioether (sulfide) groups is 1. The number of fused-ring (bicyclic) bond motifs is 1. The molecule has 0 spiro atoms. The van der Waals surface area contributed by atoms with Gasteiger partial charge in [-0.1, -0.05) is 6.92 Å². The fourth-order valence-corrected chi connectivity index (χ4v) is 4.83. The number of aromatic nitrogens is 3. The maximum atomic E-state index is 12.2. The molecule has 0 radical (unpaired) electrons. The lowest BCUT2D eigenvalue weighted by molar-refractivity contribution is 0.100. The number of carbonyl (C=O) groups is 1. The zero-order valence-electron chi connectivity index (χ0n) is 16.0. The summed E-state index contributed by atoms with van der Waals surface area (Å²) in [5.74, 6) is 2.66. The largest absolute Gasteiger partial charge is 0.508 e. The average molecular weight is 401 g/mol. The number of nitrogens with zero attached hydrogens (tertiary/aromatic N) is 4. The van der Waals surface area contributed by atoms with Crippen LogP contribution in [0.1, 0.15) is 30.6 Å². The van der Waals surface area contributed by atoms with Crippen molar-refractivity contribution in [3.8, 4) is 0 Å². The fraction of sp³-hybridized carbons (Fsp3) is 0.421. The average Bonchev–Trinajstić information content (AvgIpc) is 2.97. The molecule has 0 aromatic carbocycles. The van der Waals surface area contributed by atoms with E-state index in [1.54, 1.807) is 16.8 Å². The number of carbonyl (C=O) groups excluding carboxylic acids is 1. The molecule has 2 aromatic heterocycles. The van der Waals surface area contributed by atoms with Gasteiger partial charge in [-0.05, 0) is 19.4 Å². The van der Waals surface area contributed by atoms with Crippen molar-refractivity contribution in [2.75, 3.05) is 35.2 Å². The van der Waals surface area contributed by atoms with Gasteiger partial charge in [-0.15, -0.1) is 0 Å². The summed E-state index contributed by atoms with van der Waals surface area (Å²) < 4.78 is 1.72. The highest BCUT2D eigenvalue weighted by Gasteiger charge is 2.29. The Morgan fingerprint density at radius 2 is 2.07 bits per heavy atom. The molecule has 1 fully saturated rings. The minimum atomic E-state index is -0.636. The van der Waals surface area contributed by atoms with E-state index in [2.05, 4.69) is 9.88 Å². The molecule has 1 saturated heterocycles. The number of amides is 1. The minimum Gasteiger partial charge on any atom is -0.508 e. The topological polar surface area (TPSA) is 123 Å². The van der Waals surface area contributed by atoms with E-state index in [0.29, 0.717) is 23.2 Å². The summed E-state index contributed by atoms with van der Waals surface area (Å²) in [6, 6.07) is 0. The van der Waals surface area contributed by atoms with Gasteiger partial charge >= 0.3 is 0 Å². The van der Waals surface area contributed by atoms with E-state index < -0.39 is 5.91 Å². The van der Waals surface area contributed by atoms with Gasteiger partial charge in [0.15, 0.2) is 5.65 Å². The molecular formula is C19H24N6O2S. The van der Waals surface area contributed by atoms with Gasteiger partial charge < -0.3 is 21.5 Å². The molecule has 2 aliphatic rings. The van der Waals surface area contributed by atoms with Crippen molar-refractivity contribution in [2.45, 2.75) is 20.3 Å². The van der Waals surface area contributed by atoms with Crippen LogP contribution in [0.3, 0.4) is 0 Å². The Labute approximate surface area is 167 Å². The number of hydrogen-bond donors (Lipinski definition) is 3. The number of anilines is 2. The van der Waals surface area contributed by atoms with Gasteiger partial charge in [0.25, 0.3) is 5.91 Å². The number of aliphatic hydroxyl groups is 1. The standard InChI is InChI=1S/C19H24N6O2S/c1-10-3-4-12(26)11(2)16(10)25-17(20)14(18(21)27)15-19(25)22-9-13(23-15)24-5-7-28-8-6-24/h4,9-10,26H,3,5-8,20H2,1-2H3,(H2,21,27). The van der Waals surface area contributed by atoms with Crippen LogP contribution in [-0.4, -0.2) is 50.1 Å². The van der Waals surface area contributed by atoms with E-state index in [1.807, 2.05) is 25.6 Å². The molecule has 1 unspecified atom stereocenters. The number of allylic oxidation sites excluding steroid dienone is 3. The van der Waals surface area contributed by atoms with Crippen molar-refractivity contribution in [3.05, 3.63) is 29.2 Å². The van der Waals surface area contributed by atoms with Crippen molar-refractivity contribution in [1.82, 2.24) is 14.5 Å². The molecule has 3 heterocycles. The molecule has 1 atom stereocenters. The van der Waals surface area contributed by atoms with Gasteiger partial charge in [0.1, 0.15) is 28.5 Å². The first-order valence-corrected chi connectivity index (χ1v) is 10.5. The number of nitrogen functional groups attached to an aromatic ring is 1. The summed E-state index contributed by atoms with van der Waals surface area (Å²) in [7, 11) is 0. The van der Waals surface area contributed by atoms with Crippen LogP contribution in [0.15, 0.2) is 23.6 Å². The van der Waals surface area contributed by atoms with Crippen LogP contribution < -0.4 is 16.4 Å². The van der Waals surface area contributed by atoms with Crippen molar-refractivity contribution in [1.29, 1.82) is 0 Å². The van der Waals surface area contributed by atoms with Crippen molar-refractivity contribution in [2.24, 2.45) is 11.7 Å². The first-order valence-electron chi connectivity index (χ1n) is 9.30. The number of aliphatic hydroxyl groups excluding tert-OH is 1. The van der Waals surface area contributed by atoms with Crippen LogP contribution in [0.5, 0.6) is 0 Å². The molecule has 148 valence electrons. The molecule has 1 aliphatic heterocycles. The zero-order chi connectivity index (χ0) is 20.0. The van der Waals surface area contributed by atoms with Crippen molar-refractivity contribution >= 4 is 46.2 Å². The molecule has 28 heavy (non-hydrogen) atoms. The lowest BCUT2D eigenvalue weighted by Gasteiger charge is -2.27. The van der Waals surface area contributed by atoms with Crippen molar-refractivity contribution in [3.63, 3.8) is 0 Å². The lowest BCUT2D eigenvalue weighted by atomic mass is 9.93. The monoisotopic (exact) mass is 400 g/mol. The lowest BCUT2D eigenvalue weighted by Crippen LogP contribution is -2.33. The minimum absolute atomic E-state index is 0.0927. The highest BCUT2D eigenvalue weighted by molar-refractivity contribution is 7.99. The van der Waals surface area contributed by atoms with E-state index in [9.17, 15) is 9.90 Å². The summed E-state index contributed by atoms with van der Waals surface area (Å²) in [5.41, 5.74) is 14.6. The second-order valence-electron chi connectivity index (χ2n) is 7.20. The third-order valence-electron chi connectivity index (χ3n) is 5.41. The van der Waals surface area contributed by atoms with Crippen LogP contribution >= 0.6 is 11.8 Å². The zero-order valence-corrected chi connectivity index (χ0v) is 16.8. The maximum absolute atomic E-state index is 12.2. The molecule has 0 saturated carbocycles. The highest BCUT2D eigenvalue weighted by atomic mass is 32.2. The molecule has 0 bridgehead atoms. The Morgan fingerprint density at radius 3 is 2.75 bits per heavy atom. The third kappa shape index (κ3) is 2.90. The number of primary amides is 1. The number of rotatable bonds is 3. The Hall–Kier alpha value is -2.68. The second kappa shape index (κ2) is 7.05. The molecule has 9 heteroatoms. The quantitative estimate of drug-likeness (QED) is 0.723. The summed E-state index contributed by atoms with van der Waals surface area (Å²) >= 11 is 1.91. The van der Waals surface area contributed by atoms with Crippen molar-refractivity contribution < 1.29 is 9.90 Å². The summed E-state index contributed by atoms with van der Waals surface area (Å²) in [5, 5.41) is 10.2. The Kier molecular flexibility index (Phi) is 4.70. The van der Waals surface area contributed by atoms with E-state index in [0.717, 1.165) is 36.1 Å². The van der Waals surface area contributed by atoms with Gasteiger partial charge in [-0.3, -0.25) is 9.36 Å². The molecular weight excluding hydrogens is 376 g/mol. The van der Waals surface area contributed by atoms with Crippen LogP contribution in [0, 0.1) is 5.92 Å². The fourth-order valence-electron chi connectivity index (χ4n) is 3.93. The van der Waals surface area contributed by atoms with Gasteiger partial charge in [0.05, 0.1) is 6.20 Å². The normalized spacial score (nSPS) is 20.6. The van der Waals surface area contributed by atoms with Gasteiger partial charge in [0.2, 0.25) is 0 Å². The predicted molar refractivity (Wildman–Crippen MR) is 113 cm³/mol. The molecule has 5 N–H and O–H groups in total. The number of hydrogen-bond acceptors (Lipinski definition) is 7. The van der Waals surface area contributed by atoms with Crippen LogP contribution in [-0.2, 0) is 0 Å². The van der Waals surface area contributed by atoms with Gasteiger partial charge in [-0.2, -0.15) is 11.8 Å². The predicted octanol–water partition coefficient (Wildman–Crippen LogP) is 2.38. The van der Waals surface area contributed by atoms with Gasteiger partial charge in [0, 0.05) is 41.8 Å². The van der Waals surface area contributed by atoms with Crippen LogP contribution in [0.4, 0.5) is 11.6 Å². The van der Waals surface area contributed by atoms with E-state index in [1.165, 1.54) is 0 Å². The summed E-state index contributed by atoms with van der Waals surface area (Å²) in [4.78, 5) is 23.7. The Balaban J connectivity index is 1.95. The molecule has 1 aliphatic carbocycles. The smallest absolute Gasteiger partial charge is 0.254 e. The molecule has 8 nitrogen and oxygen atoms in total. The molecule has 1 amide bonds. The Morgan fingerprint density at radius 1 is 1.36 bits per heavy atom. The summed E-state index contributed by atoms with van der Waals surface area (Å²) in [6.07, 6.45) is 4.18. The first kappa shape index (κ1) is 18.7. The Bertz CT molecular complexity index is 1020. The summed E-state index contributed by atoms with van der Waals surface area (Å²) in [6.45, 7) is 5.64. The molecule has 2 aromatic rings. The molecule has 4 rings (SSSR count). The first-order chi connectivity index (χ1) is 13.4.